The molecule has 3 aromatic rings. The van der Waals surface area contributed by atoms with Gasteiger partial charge in [0.05, 0.1) is 18.6 Å². The largest absolute Gasteiger partial charge is 0.348 e. The summed E-state index contributed by atoms with van der Waals surface area (Å²) in [6, 6.07) is 8.06. The van der Waals surface area contributed by atoms with Crippen molar-refractivity contribution in [3.63, 3.8) is 0 Å². The van der Waals surface area contributed by atoms with Gasteiger partial charge in [-0.25, -0.2) is 4.98 Å². The molecule has 0 amide bonds. The molecule has 0 radical (unpaired) electrons. The Morgan fingerprint density at radius 2 is 2.25 bits per heavy atom. The van der Waals surface area contributed by atoms with E-state index in [1.165, 1.54) is 0 Å². The van der Waals surface area contributed by atoms with Crippen LogP contribution in [0, 0.1) is 25.2 Å². The van der Waals surface area contributed by atoms with Crippen LogP contribution in [-0.2, 0) is 19.4 Å². The molecule has 4 nitrogen and oxygen atoms in total. The second kappa shape index (κ2) is 5.68. The number of nitrogens with one attached hydrogen (secondary N) is 1. The van der Waals surface area contributed by atoms with E-state index in [4.69, 9.17) is 6.42 Å². The van der Waals surface area contributed by atoms with Gasteiger partial charge in [0.15, 0.2) is 5.78 Å². The average Bonchev–Trinajstić information content (AvgIpc) is 3.13. The van der Waals surface area contributed by atoms with Crippen molar-refractivity contribution >= 4 is 16.7 Å². The number of aromatic nitrogens is 3. The van der Waals surface area contributed by atoms with Gasteiger partial charge in [0.25, 0.3) is 0 Å². The minimum atomic E-state index is -0.00964. The van der Waals surface area contributed by atoms with Crippen LogP contribution in [0.1, 0.15) is 33.9 Å². The lowest BCUT2D eigenvalue weighted by Gasteiger charge is -2.22. The van der Waals surface area contributed by atoms with E-state index in [0.29, 0.717) is 13.0 Å². The van der Waals surface area contributed by atoms with Gasteiger partial charge in [0.2, 0.25) is 0 Å². The molecule has 1 N–H and O–H groups in total. The number of para-hydroxylation sites is 1. The van der Waals surface area contributed by atoms with Gasteiger partial charge in [-0.2, -0.15) is 0 Å². The Hall–Kier alpha value is -2.80. The van der Waals surface area contributed by atoms with Crippen LogP contribution in [0.25, 0.3) is 10.9 Å². The summed E-state index contributed by atoms with van der Waals surface area (Å²) in [5.74, 6) is 2.94. The van der Waals surface area contributed by atoms with Crippen molar-refractivity contribution in [2.24, 2.45) is 5.92 Å². The summed E-state index contributed by atoms with van der Waals surface area (Å²) < 4.78 is 2.12. The van der Waals surface area contributed by atoms with E-state index in [1.807, 2.05) is 31.2 Å². The number of nitrogens with zero attached hydrogens (tertiary/aromatic N) is 2. The first-order valence-corrected chi connectivity index (χ1v) is 8.27. The van der Waals surface area contributed by atoms with Crippen molar-refractivity contribution in [3.05, 3.63) is 53.2 Å². The second-order valence-electron chi connectivity index (χ2n) is 6.41. The fraction of sp³-hybridized carbons (Fsp3) is 0.300. The van der Waals surface area contributed by atoms with E-state index in [1.54, 1.807) is 6.33 Å². The molecule has 24 heavy (non-hydrogen) atoms. The number of hydrogen-bond acceptors (Lipinski definition) is 2. The molecular weight excluding hydrogens is 298 g/mol. The van der Waals surface area contributed by atoms with E-state index in [-0.39, 0.29) is 11.7 Å². The lowest BCUT2D eigenvalue weighted by Crippen LogP contribution is -2.25. The predicted octanol–water partition coefficient (Wildman–Crippen LogP) is 3.29. The molecule has 0 fully saturated rings. The molecule has 1 aliphatic rings. The van der Waals surface area contributed by atoms with Gasteiger partial charge in [-0.15, -0.1) is 6.42 Å². The van der Waals surface area contributed by atoms with Gasteiger partial charge in [0, 0.05) is 40.2 Å². The van der Waals surface area contributed by atoms with Crippen molar-refractivity contribution in [1.82, 2.24) is 14.5 Å². The Kier molecular flexibility index (Phi) is 3.50. The number of aryl methyl sites for hydroxylation is 1. The molecule has 0 aliphatic heterocycles. The van der Waals surface area contributed by atoms with Crippen molar-refractivity contribution in [2.45, 2.75) is 32.7 Å². The van der Waals surface area contributed by atoms with Crippen LogP contribution in [-0.4, -0.2) is 20.3 Å². The molecular formula is C20H19N3O. The minimum absolute atomic E-state index is 0.00964. The number of hydrogen-bond donors (Lipinski definition) is 1. The second-order valence-corrected chi connectivity index (χ2v) is 6.41. The highest BCUT2D eigenvalue weighted by Gasteiger charge is 2.33. The van der Waals surface area contributed by atoms with Gasteiger partial charge in [-0.05, 0) is 25.8 Å². The standard InChI is InChI=1S/C20H19N3O/c1-3-10-23-17-7-5-4-6-15(17)19-18(23)9-8-14(20(19)24)11-16-13(2)21-12-22-16/h1,4-7,12,14H,8-11H2,2H3,(H,21,22). The number of benzene rings is 1. The fourth-order valence-corrected chi connectivity index (χ4v) is 3.83. The molecule has 1 unspecified atom stereocenters. The van der Waals surface area contributed by atoms with Gasteiger partial charge < -0.3 is 9.55 Å². The highest BCUT2D eigenvalue weighted by Crippen LogP contribution is 2.35. The quantitative estimate of drug-likeness (QED) is 0.754. The molecule has 0 spiro atoms. The first kappa shape index (κ1) is 14.8. The molecule has 0 saturated heterocycles. The lowest BCUT2D eigenvalue weighted by atomic mass is 9.82. The van der Waals surface area contributed by atoms with Crippen LogP contribution in [0.15, 0.2) is 30.6 Å². The SMILES string of the molecule is C#CCn1c2c(c3ccccc31)C(=O)C(Cc1nc[nH]c1C)CC2. The number of imidazole rings is 1. The van der Waals surface area contributed by atoms with Crippen LogP contribution in [0.4, 0.5) is 0 Å². The molecule has 2 aromatic heterocycles. The Balaban J connectivity index is 1.79. The summed E-state index contributed by atoms with van der Waals surface area (Å²) in [6.45, 7) is 2.51. The summed E-state index contributed by atoms with van der Waals surface area (Å²) in [5, 5.41) is 1.02. The number of terminal acetylenes is 1. The first-order chi connectivity index (χ1) is 11.7. The van der Waals surface area contributed by atoms with Crippen molar-refractivity contribution in [3.8, 4) is 12.3 Å². The predicted molar refractivity (Wildman–Crippen MR) is 93.9 cm³/mol. The third kappa shape index (κ3) is 2.16. The zero-order valence-electron chi connectivity index (χ0n) is 13.7. The molecule has 2 heterocycles. The number of fused-ring (bicyclic) bond motifs is 3. The number of rotatable bonds is 3. The number of carbonyl (C=O) groups is 1. The Labute approximate surface area is 140 Å². The Morgan fingerprint density at radius 1 is 1.42 bits per heavy atom. The smallest absolute Gasteiger partial charge is 0.168 e. The molecule has 1 aromatic carbocycles. The number of ketones is 1. The van der Waals surface area contributed by atoms with Crippen molar-refractivity contribution in [2.75, 3.05) is 0 Å². The van der Waals surface area contributed by atoms with E-state index < -0.39 is 0 Å². The van der Waals surface area contributed by atoms with Gasteiger partial charge in [-0.1, -0.05) is 24.1 Å². The van der Waals surface area contributed by atoms with E-state index in [2.05, 4.69) is 20.5 Å². The summed E-state index contributed by atoms with van der Waals surface area (Å²) in [6.07, 6.45) is 9.67. The molecule has 1 aliphatic carbocycles. The third-order valence-electron chi connectivity index (χ3n) is 5.05. The summed E-state index contributed by atoms with van der Waals surface area (Å²) in [4.78, 5) is 20.6. The first-order valence-electron chi connectivity index (χ1n) is 8.27. The molecule has 4 rings (SSSR count). The maximum atomic E-state index is 13.2. The molecule has 0 bridgehead atoms. The van der Waals surface area contributed by atoms with E-state index in [9.17, 15) is 4.79 Å². The highest BCUT2D eigenvalue weighted by atomic mass is 16.1. The minimum Gasteiger partial charge on any atom is -0.348 e. The van der Waals surface area contributed by atoms with Crippen molar-refractivity contribution in [1.29, 1.82) is 0 Å². The van der Waals surface area contributed by atoms with Crippen LogP contribution in [0.2, 0.25) is 0 Å². The zero-order chi connectivity index (χ0) is 16.7. The van der Waals surface area contributed by atoms with Crippen molar-refractivity contribution < 1.29 is 4.79 Å². The molecule has 0 saturated carbocycles. The molecule has 1 atom stereocenters. The number of carbonyl (C=O) groups excluding carboxylic acids is 1. The average molecular weight is 317 g/mol. The number of H-pyrrole nitrogens is 1. The summed E-state index contributed by atoms with van der Waals surface area (Å²) >= 11 is 0. The Morgan fingerprint density at radius 3 is 3.00 bits per heavy atom. The number of aromatic amines is 1. The lowest BCUT2D eigenvalue weighted by molar-refractivity contribution is 0.0901. The van der Waals surface area contributed by atoms with Gasteiger partial charge >= 0.3 is 0 Å². The van der Waals surface area contributed by atoms with Crippen LogP contribution >= 0.6 is 0 Å². The van der Waals surface area contributed by atoms with E-state index in [0.717, 1.165) is 46.4 Å². The Bertz CT molecular complexity index is 971. The topological polar surface area (TPSA) is 50.7 Å². The third-order valence-corrected chi connectivity index (χ3v) is 5.05. The van der Waals surface area contributed by atoms with Gasteiger partial charge in [-0.3, -0.25) is 4.79 Å². The van der Waals surface area contributed by atoms with Crippen LogP contribution < -0.4 is 0 Å². The summed E-state index contributed by atoms with van der Waals surface area (Å²) in [7, 11) is 0. The zero-order valence-corrected chi connectivity index (χ0v) is 13.7. The molecule has 120 valence electrons. The monoisotopic (exact) mass is 317 g/mol. The highest BCUT2D eigenvalue weighted by molar-refractivity contribution is 6.11. The number of Topliss-reactive ketones (excluding diaryl/α,β-unsaturated/α-hetero) is 1. The fourth-order valence-electron chi connectivity index (χ4n) is 3.83. The van der Waals surface area contributed by atoms with E-state index >= 15 is 0 Å². The van der Waals surface area contributed by atoms with Gasteiger partial charge in [0.1, 0.15) is 0 Å². The molecule has 4 heteroatoms. The van der Waals surface area contributed by atoms with Crippen LogP contribution in [0.3, 0.4) is 0 Å². The maximum absolute atomic E-state index is 13.2. The summed E-state index contributed by atoms with van der Waals surface area (Å²) in [5.41, 5.74) is 5.05. The normalized spacial score (nSPS) is 17.0. The van der Waals surface area contributed by atoms with Crippen LogP contribution in [0.5, 0.6) is 0 Å². The maximum Gasteiger partial charge on any atom is 0.168 e.